The minimum absolute atomic E-state index is 0.746. The monoisotopic (exact) mass is 236 g/mol. The van der Waals surface area contributed by atoms with Gasteiger partial charge in [-0.2, -0.15) is 0 Å². The van der Waals surface area contributed by atoms with Crippen LogP contribution in [0.15, 0.2) is 5.11 Å². The molecule has 0 radical (unpaired) electrons. The van der Waals surface area contributed by atoms with Crippen molar-refractivity contribution >= 4 is 6.09 Å². The number of carbonyl (C=O) groups excluding carboxylic acids is 1. The third kappa shape index (κ3) is 7.81. The van der Waals surface area contributed by atoms with E-state index in [2.05, 4.69) is 10.0 Å². The van der Waals surface area contributed by atoms with Crippen LogP contribution in [0.1, 0.15) is 20.8 Å². The first kappa shape index (κ1) is 14.4. The van der Waals surface area contributed by atoms with Crippen LogP contribution in [0.3, 0.4) is 0 Å². The lowest BCUT2D eigenvalue weighted by atomic mass is 10.2. The van der Waals surface area contributed by atoms with Crippen molar-refractivity contribution < 1.29 is 18.3 Å². The molecule has 0 aliphatic rings. The average molecular weight is 236 g/mol. The summed E-state index contributed by atoms with van der Waals surface area (Å²) in [7, 11) is 0. The number of alkyl halides is 2. The zero-order valence-corrected chi connectivity index (χ0v) is 9.33. The van der Waals surface area contributed by atoms with Gasteiger partial charge in [-0.1, -0.05) is 5.11 Å². The SMILES string of the molecule is CC(C)(C)OC(=O)NCC(F)(F)CN=[N+]=[N-]. The Bertz CT molecular complexity index is 295. The molecule has 1 amide bonds. The van der Waals surface area contributed by atoms with Gasteiger partial charge in [0.2, 0.25) is 0 Å². The lowest BCUT2D eigenvalue weighted by molar-refractivity contribution is 0.00351. The number of nitrogens with one attached hydrogen (secondary N) is 1. The van der Waals surface area contributed by atoms with Gasteiger partial charge in [-0.05, 0) is 26.3 Å². The molecular weight excluding hydrogens is 222 g/mol. The number of rotatable bonds is 4. The van der Waals surface area contributed by atoms with Gasteiger partial charge >= 0.3 is 6.09 Å². The number of hydrogen-bond donors (Lipinski definition) is 1. The van der Waals surface area contributed by atoms with Gasteiger partial charge in [-0.25, -0.2) is 13.6 Å². The molecule has 0 bridgehead atoms. The lowest BCUT2D eigenvalue weighted by Gasteiger charge is -2.21. The summed E-state index contributed by atoms with van der Waals surface area (Å²) < 4.78 is 30.5. The Kier molecular flexibility index (Phi) is 4.97. The molecule has 6 nitrogen and oxygen atoms in total. The van der Waals surface area contributed by atoms with Crippen molar-refractivity contribution in [2.24, 2.45) is 5.11 Å². The van der Waals surface area contributed by atoms with E-state index in [9.17, 15) is 13.6 Å². The van der Waals surface area contributed by atoms with Crippen molar-refractivity contribution in [3.05, 3.63) is 10.4 Å². The molecule has 0 saturated heterocycles. The van der Waals surface area contributed by atoms with Gasteiger partial charge in [-0.15, -0.1) is 0 Å². The average Bonchev–Trinajstić information content (AvgIpc) is 2.09. The first-order chi connectivity index (χ1) is 7.16. The van der Waals surface area contributed by atoms with Crippen molar-refractivity contribution in [3.63, 3.8) is 0 Å². The van der Waals surface area contributed by atoms with Gasteiger partial charge in [0.05, 0.1) is 13.1 Å². The van der Waals surface area contributed by atoms with Gasteiger partial charge in [0, 0.05) is 4.91 Å². The number of ether oxygens (including phenoxy) is 1. The summed E-state index contributed by atoms with van der Waals surface area (Å²) in [5.74, 6) is -3.27. The summed E-state index contributed by atoms with van der Waals surface area (Å²) in [6.45, 7) is 2.92. The van der Waals surface area contributed by atoms with Crippen LogP contribution in [0.2, 0.25) is 0 Å². The number of alkyl carbamates (subject to hydrolysis) is 1. The maximum Gasteiger partial charge on any atom is 0.407 e. The normalized spacial score (nSPS) is 11.6. The second-order valence-electron chi connectivity index (χ2n) is 4.10. The van der Waals surface area contributed by atoms with Crippen LogP contribution in [0.25, 0.3) is 10.4 Å². The van der Waals surface area contributed by atoms with Gasteiger partial charge in [0.25, 0.3) is 5.92 Å². The van der Waals surface area contributed by atoms with Crippen molar-refractivity contribution in [2.75, 3.05) is 13.1 Å². The lowest BCUT2D eigenvalue weighted by Crippen LogP contribution is -2.41. The molecule has 0 unspecified atom stereocenters. The van der Waals surface area contributed by atoms with Crippen LogP contribution in [0.4, 0.5) is 13.6 Å². The largest absolute Gasteiger partial charge is 0.444 e. The Morgan fingerprint density at radius 3 is 2.50 bits per heavy atom. The molecule has 8 heteroatoms. The quantitative estimate of drug-likeness (QED) is 0.461. The Hall–Kier alpha value is -1.56. The van der Waals surface area contributed by atoms with E-state index in [0.717, 1.165) is 0 Å². The fourth-order valence-corrected chi connectivity index (χ4v) is 0.707. The molecule has 16 heavy (non-hydrogen) atoms. The highest BCUT2D eigenvalue weighted by molar-refractivity contribution is 5.67. The van der Waals surface area contributed by atoms with E-state index in [1.54, 1.807) is 20.8 Å². The molecule has 0 aromatic heterocycles. The summed E-state index contributed by atoms with van der Waals surface area (Å²) in [5.41, 5.74) is 7.13. The third-order valence-corrected chi connectivity index (χ3v) is 1.26. The highest BCUT2D eigenvalue weighted by atomic mass is 19.3. The number of azide groups is 1. The van der Waals surface area contributed by atoms with E-state index in [-0.39, 0.29) is 0 Å². The summed E-state index contributed by atoms with van der Waals surface area (Å²) in [6.07, 6.45) is -0.937. The number of hydrogen-bond acceptors (Lipinski definition) is 3. The maximum atomic E-state index is 12.9. The van der Waals surface area contributed by atoms with Crippen molar-refractivity contribution in [1.29, 1.82) is 0 Å². The van der Waals surface area contributed by atoms with Gasteiger partial charge in [-0.3, -0.25) is 0 Å². The summed E-state index contributed by atoms with van der Waals surface area (Å²) >= 11 is 0. The second-order valence-corrected chi connectivity index (χ2v) is 4.10. The minimum Gasteiger partial charge on any atom is -0.444 e. The first-order valence-corrected chi connectivity index (χ1v) is 4.52. The Morgan fingerprint density at radius 2 is 2.06 bits per heavy atom. The molecular formula is C8H14F2N4O2. The standard InChI is InChI=1S/C8H14F2N4O2/c1-7(2,3)16-6(15)12-4-8(9,10)5-13-14-11/h4-5H2,1-3H3,(H,12,15). The Labute approximate surface area is 91.6 Å². The Balaban J connectivity index is 4.04. The number of nitrogens with zero attached hydrogens (tertiary/aromatic N) is 3. The van der Waals surface area contributed by atoms with Gasteiger partial charge in [0.1, 0.15) is 5.60 Å². The minimum atomic E-state index is -3.27. The zero-order chi connectivity index (χ0) is 12.8. The fourth-order valence-electron chi connectivity index (χ4n) is 0.707. The molecule has 92 valence electrons. The zero-order valence-electron chi connectivity index (χ0n) is 9.33. The number of halogens is 2. The highest BCUT2D eigenvalue weighted by Crippen LogP contribution is 2.13. The molecule has 0 aliphatic heterocycles. The molecule has 0 heterocycles. The van der Waals surface area contributed by atoms with Crippen molar-refractivity contribution in [1.82, 2.24) is 5.32 Å². The van der Waals surface area contributed by atoms with E-state index < -0.39 is 30.7 Å². The van der Waals surface area contributed by atoms with Crippen molar-refractivity contribution in [3.8, 4) is 0 Å². The van der Waals surface area contributed by atoms with Gasteiger partial charge < -0.3 is 10.1 Å². The molecule has 0 aromatic rings. The van der Waals surface area contributed by atoms with Crippen LogP contribution in [0.5, 0.6) is 0 Å². The van der Waals surface area contributed by atoms with E-state index in [1.165, 1.54) is 0 Å². The third-order valence-electron chi connectivity index (χ3n) is 1.26. The molecule has 0 spiro atoms. The topological polar surface area (TPSA) is 87.1 Å². The van der Waals surface area contributed by atoms with E-state index in [1.807, 2.05) is 5.32 Å². The van der Waals surface area contributed by atoms with E-state index in [0.29, 0.717) is 0 Å². The van der Waals surface area contributed by atoms with Crippen LogP contribution in [0, 0.1) is 0 Å². The molecule has 0 rings (SSSR count). The molecule has 0 atom stereocenters. The van der Waals surface area contributed by atoms with Gasteiger partial charge in [0.15, 0.2) is 0 Å². The highest BCUT2D eigenvalue weighted by Gasteiger charge is 2.29. The van der Waals surface area contributed by atoms with Crippen LogP contribution >= 0.6 is 0 Å². The molecule has 0 saturated carbocycles. The van der Waals surface area contributed by atoms with E-state index in [4.69, 9.17) is 10.3 Å². The predicted molar refractivity (Wildman–Crippen MR) is 53.2 cm³/mol. The molecule has 1 N–H and O–H groups in total. The molecule has 0 aromatic carbocycles. The van der Waals surface area contributed by atoms with Crippen LogP contribution < -0.4 is 5.32 Å². The number of carbonyl (C=O) groups is 1. The van der Waals surface area contributed by atoms with E-state index >= 15 is 0 Å². The maximum absolute atomic E-state index is 12.9. The smallest absolute Gasteiger partial charge is 0.407 e. The van der Waals surface area contributed by atoms with Crippen LogP contribution in [-0.2, 0) is 4.74 Å². The second kappa shape index (κ2) is 5.50. The molecule has 0 fully saturated rings. The summed E-state index contributed by atoms with van der Waals surface area (Å²) in [5, 5.41) is 4.63. The predicted octanol–water partition coefficient (Wildman–Crippen LogP) is 2.46. The van der Waals surface area contributed by atoms with Crippen LogP contribution in [-0.4, -0.2) is 30.7 Å². The first-order valence-electron chi connectivity index (χ1n) is 4.52. The van der Waals surface area contributed by atoms with Crippen molar-refractivity contribution in [2.45, 2.75) is 32.3 Å². The molecule has 0 aliphatic carbocycles. The number of amides is 1. The Morgan fingerprint density at radius 1 is 1.50 bits per heavy atom. The fraction of sp³-hybridized carbons (Fsp3) is 0.875. The summed E-state index contributed by atoms with van der Waals surface area (Å²) in [6, 6.07) is 0. The summed E-state index contributed by atoms with van der Waals surface area (Å²) in [4.78, 5) is 13.2.